The van der Waals surface area contributed by atoms with Crippen molar-refractivity contribution in [2.24, 2.45) is 11.0 Å². The molecular formula is C20H15N2O3+. The van der Waals surface area contributed by atoms with E-state index in [2.05, 4.69) is 11.4 Å². The Morgan fingerprint density at radius 2 is 1.80 bits per heavy atom. The van der Waals surface area contributed by atoms with Crippen LogP contribution in [0.2, 0.25) is 0 Å². The first-order valence-corrected chi connectivity index (χ1v) is 8.01. The number of allylic oxidation sites excluding steroid dienone is 1. The second-order valence-corrected chi connectivity index (χ2v) is 5.99. The molecule has 2 heterocycles. The van der Waals surface area contributed by atoms with Crippen molar-refractivity contribution < 1.29 is 14.3 Å². The SMILES string of the molecule is CC1=NN(c2ccccc2)C(=O)[C@@H]1CC1=[C+]Oc2ccccc2C1=O. The highest BCUT2D eigenvalue weighted by molar-refractivity contribution is 6.17. The van der Waals surface area contributed by atoms with Crippen LogP contribution in [0, 0.1) is 12.2 Å². The molecule has 1 amide bonds. The second kappa shape index (κ2) is 5.96. The third-order valence-electron chi connectivity index (χ3n) is 4.37. The number of para-hydroxylation sites is 2. The van der Waals surface area contributed by atoms with Crippen LogP contribution in [0.25, 0.3) is 0 Å². The van der Waals surface area contributed by atoms with Crippen LogP contribution in [0.4, 0.5) is 5.69 Å². The molecule has 0 N–H and O–H groups in total. The maximum absolute atomic E-state index is 12.8. The van der Waals surface area contributed by atoms with Crippen LogP contribution >= 0.6 is 0 Å². The molecule has 2 aromatic rings. The van der Waals surface area contributed by atoms with Crippen molar-refractivity contribution in [2.75, 3.05) is 5.01 Å². The van der Waals surface area contributed by atoms with Crippen LogP contribution in [-0.2, 0) is 4.79 Å². The topological polar surface area (TPSA) is 59.0 Å². The molecule has 25 heavy (non-hydrogen) atoms. The van der Waals surface area contributed by atoms with E-state index in [-0.39, 0.29) is 18.1 Å². The number of ether oxygens (including phenoxy) is 1. The highest BCUT2D eigenvalue weighted by atomic mass is 16.5. The summed E-state index contributed by atoms with van der Waals surface area (Å²) in [6.07, 6.45) is 2.92. The highest BCUT2D eigenvalue weighted by Gasteiger charge is 2.41. The van der Waals surface area contributed by atoms with Crippen LogP contribution in [0.3, 0.4) is 0 Å². The third-order valence-corrected chi connectivity index (χ3v) is 4.37. The molecule has 0 bridgehead atoms. The lowest BCUT2D eigenvalue weighted by molar-refractivity contribution is -0.119. The van der Waals surface area contributed by atoms with Gasteiger partial charge in [0, 0.05) is 18.2 Å². The zero-order valence-electron chi connectivity index (χ0n) is 13.6. The summed E-state index contributed by atoms with van der Waals surface area (Å²) in [5, 5.41) is 5.75. The fraction of sp³-hybridized carbons (Fsp3) is 0.150. The molecule has 0 saturated carbocycles. The van der Waals surface area contributed by atoms with Gasteiger partial charge in [-0.2, -0.15) is 5.10 Å². The molecule has 0 aliphatic carbocycles. The lowest BCUT2D eigenvalue weighted by Crippen LogP contribution is -2.28. The van der Waals surface area contributed by atoms with Crippen LogP contribution in [0.15, 0.2) is 65.3 Å². The van der Waals surface area contributed by atoms with Gasteiger partial charge in [0.05, 0.1) is 11.6 Å². The van der Waals surface area contributed by atoms with Gasteiger partial charge in [-0.25, -0.2) is 9.80 Å². The van der Waals surface area contributed by atoms with E-state index in [9.17, 15) is 9.59 Å². The average Bonchev–Trinajstić information content (AvgIpc) is 2.93. The van der Waals surface area contributed by atoms with Crippen molar-refractivity contribution in [1.29, 1.82) is 0 Å². The molecule has 2 aliphatic rings. The van der Waals surface area contributed by atoms with Crippen LogP contribution in [0.1, 0.15) is 23.7 Å². The molecule has 0 aromatic heterocycles. The summed E-state index contributed by atoms with van der Waals surface area (Å²) in [6, 6.07) is 16.3. The number of rotatable bonds is 3. The number of hydrazone groups is 1. The van der Waals surface area contributed by atoms with Gasteiger partial charge < -0.3 is 0 Å². The van der Waals surface area contributed by atoms with Crippen LogP contribution < -0.4 is 9.75 Å². The molecule has 5 heteroatoms. The normalized spacial score (nSPS) is 18.9. The van der Waals surface area contributed by atoms with Crippen molar-refractivity contribution in [3.63, 3.8) is 0 Å². The van der Waals surface area contributed by atoms with Gasteiger partial charge in [-0.3, -0.25) is 9.53 Å². The Kier molecular flexibility index (Phi) is 3.64. The average molecular weight is 331 g/mol. The second-order valence-electron chi connectivity index (χ2n) is 5.99. The lowest BCUT2D eigenvalue weighted by atomic mass is 9.90. The monoisotopic (exact) mass is 331 g/mol. The molecule has 0 radical (unpaired) electrons. The number of anilines is 1. The smallest absolute Gasteiger partial charge is 0.286 e. The van der Waals surface area contributed by atoms with Crippen molar-refractivity contribution in [1.82, 2.24) is 0 Å². The first-order chi connectivity index (χ1) is 12.1. The van der Waals surface area contributed by atoms with Crippen molar-refractivity contribution in [2.45, 2.75) is 13.3 Å². The quantitative estimate of drug-likeness (QED) is 0.810. The molecule has 2 aliphatic heterocycles. The Hall–Kier alpha value is -3.30. The summed E-state index contributed by atoms with van der Waals surface area (Å²) in [5.74, 6) is -0.295. The summed E-state index contributed by atoms with van der Waals surface area (Å²) < 4.78 is 5.43. The van der Waals surface area contributed by atoms with Gasteiger partial charge >= 0.3 is 5.78 Å². The molecule has 5 nitrogen and oxygen atoms in total. The molecule has 0 spiro atoms. The highest BCUT2D eigenvalue weighted by Crippen LogP contribution is 2.32. The number of hydrogen-bond donors (Lipinski definition) is 0. The van der Waals surface area contributed by atoms with Crippen molar-refractivity contribution >= 4 is 23.1 Å². The summed E-state index contributed by atoms with van der Waals surface area (Å²) in [4.78, 5) is 25.4. The minimum atomic E-state index is -0.486. The van der Waals surface area contributed by atoms with E-state index in [1.807, 2.05) is 30.3 Å². The molecule has 0 saturated heterocycles. The Labute approximate surface area is 145 Å². The van der Waals surface area contributed by atoms with E-state index >= 15 is 0 Å². The summed E-state index contributed by atoms with van der Waals surface area (Å²) >= 11 is 0. The number of benzene rings is 2. The zero-order chi connectivity index (χ0) is 17.4. The third kappa shape index (κ3) is 2.61. The minimum Gasteiger partial charge on any atom is -0.286 e. The minimum absolute atomic E-state index is 0.148. The Morgan fingerprint density at radius 3 is 2.60 bits per heavy atom. The van der Waals surface area contributed by atoms with Crippen LogP contribution in [0.5, 0.6) is 5.75 Å². The van der Waals surface area contributed by atoms with Gasteiger partial charge in [0.15, 0.2) is 5.56 Å². The lowest BCUT2D eigenvalue weighted by Gasteiger charge is -2.14. The van der Waals surface area contributed by atoms with Gasteiger partial charge in [-0.1, -0.05) is 24.3 Å². The standard InChI is InChI=1S/C20H15N2O3/c1-13-17(20(24)22(21-13)15-7-3-2-4-8-15)11-14-12-25-18-10-6-5-9-16(18)19(14)23/h2-10,17H,11H2,1H3/q+1/t17-/m1/s1. The number of carbonyl (C=O) groups is 2. The molecule has 1 atom stereocenters. The molecule has 2 aromatic carbocycles. The number of carbonyl (C=O) groups excluding carboxylic acids is 2. The van der Waals surface area contributed by atoms with Crippen molar-refractivity contribution in [3.05, 3.63) is 72.0 Å². The first kappa shape index (κ1) is 15.2. The fourth-order valence-electron chi connectivity index (χ4n) is 3.00. The van der Waals surface area contributed by atoms with E-state index in [1.165, 1.54) is 5.01 Å². The Morgan fingerprint density at radius 1 is 1.08 bits per heavy atom. The van der Waals surface area contributed by atoms with Crippen molar-refractivity contribution in [3.8, 4) is 5.75 Å². The summed E-state index contributed by atoms with van der Waals surface area (Å²) in [6.45, 7) is 1.80. The van der Waals surface area contributed by atoms with E-state index in [0.29, 0.717) is 28.3 Å². The number of nitrogens with zero attached hydrogens (tertiary/aromatic N) is 2. The van der Waals surface area contributed by atoms with Gasteiger partial charge in [0.25, 0.3) is 11.7 Å². The molecule has 122 valence electrons. The van der Waals surface area contributed by atoms with E-state index in [1.54, 1.807) is 31.2 Å². The number of Topliss-reactive ketones (excluding diaryl/α,β-unsaturated/α-hetero) is 1. The molecule has 4 rings (SSSR count). The maximum Gasteiger partial charge on any atom is 0.313 e. The molecule has 0 unspecified atom stereocenters. The fourth-order valence-corrected chi connectivity index (χ4v) is 3.00. The van der Waals surface area contributed by atoms with Gasteiger partial charge in [-0.15, -0.1) is 0 Å². The number of amides is 1. The predicted molar refractivity (Wildman–Crippen MR) is 93.3 cm³/mol. The maximum atomic E-state index is 12.8. The largest absolute Gasteiger partial charge is 0.313 e. The Bertz CT molecular complexity index is 916. The molecule has 0 fully saturated rings. The van der Waals surface area contributed by atoms with Gasteiger partial charge in [0.1, 0.15) is 0 Å². The number of fused-ring (bicyclic) bond motifs is 1. The number of hydrogen-bond acceptors (Lipinski definition) is 4. The molecular weight excluding hydrogens is 316 g/mol. The zero-order valence-corrected chi connectivity index (χ0v) is 13.6. The predicted octanol–water partition coefficient (Wildman–Crippen LogP) is 3.38. The summed E-state index contributed by atoms with van der Waals surface area (Å²) in [5.41, 5.74) is 2.25. The Balaban J connectivity index is 1.56. The van der Waals surface area contributed by atoms with E-state index in [0.717, 1.165) is 0 Å². The summed E-state index contributed by atoms with van der Waals surface area (Å²) in [7, 11) is 0. The van der Waals surface area contributed by atoms with Crippen LogP contribution in [-0.4, -0.2) is 17.4 Å². The first-order valence-electron chi connectivity index (χ1n) is 8.01. The van der Waals surface area contributed by atoms with E-state index in [4.69, 9.17) is 4.74 Å². The van der Waals surface area contributed by atoms with E-state index < -0.39 is 5.92 Å². The number of ketones is 1. The van der Waals surface area contributed by atoms with Gasteiger partial charge in [-0.05, 0) is 31.2 Å². The van der Waals surface area contributed by atoms with Gasteiger partial charge in [0.2, 0.25) is 11.8 Å².